The molecule has 2 rings (SSSR count). The number of likely N-dealkylation sites (N-methyl/N-ethyl adjacent to an activating group) is 1. The predicted molar refractivity (Wildman–Crippen MR) is 82.5 cm³/mol. The number of hydrogen-bond acceptors (Lipinski definition) is 4. The van der Waals surface area contributed by atoms with Crippen molar-refractivity contribution in [2.24, 2.45) is 0 Å². The van der Waals surface area contributed by atoms with Gasteiger partial charge in [-0.2, -0.15) is 4.31 Å². The van der Waals surface area contributed by atoms with E-state index >= 15 is 0 Å². The zero-order chi connectivity index (χ0) is 15.6. The maximum atomic E-state index is 12.8. The van der Waals surface area contributed by atoms with Crippen LogP contribution in [0.1, 0.15) is 31.4 Å². The molecule has 21 heavy (non-hydrogen) atoms. The molecule has 118 valence electrons. The molecule has 2 unspecified atom stereocenters. The monoisotopic (exact) mass is 312 g/mol. The summed E-state index contributed by atoms with van der Waals surface area (Å²) in [7, 11) is 0.473. The third-order valence-corrected chi connectivity index (χ3v) is 5.93. The summed E-state index contributed by atoms with van der Waals surface area (Å²) in [6.07, 6.45) is 1.22. The Labute approximate surface area is 127 Å². The molecule has 1 heterocycles. The summed E-state index contributed by atoms with van der Waals surface area (Å²) >= 11 is 0. The molecular formula is C15H24N2O3S. The zero-order valence-electron chi connectivity index (χ0n) is 12.9. The first-order valence-electron chi connectivity index (χ1n) is 7.27. The van der Waals surface area contributed by atoms with Crippen LogP contribution in [0, 0.1) is 0 Å². The fourth-order valence-electron chi connectivity index (χ4n) is 2.64. The van der Waals surface area contributed by atoms with E-state index in [0.717, 1.165) is 12.8 Å². The lowest BCUT2D eigenvalue weighted by Crippen LogP contribution is -2.47. The van der Waals surface area contributed by atoms with Crippen LogP contribution in [0.5, 0.6) is 0 Å². The fraction of sp³-hybridized carbons (Fsp3) is 0.600. The van der Waals surface area contributed by atoms with Gasteiger partial charge in [0.2, 0.25) is 10.0 Å². The van der Waals surface area contributed by atoms with E-state index in [1.165, 1.54) is 0 Å². The van der Waals surface area contributed by atoms with E-state index in [1.54, 1.807) is 35.5 Å². The average Bonchev–Trinajstić information content (AvgIpc) is 2.47. The Balaban J connectivity index is 2.27. The first kappa shape index (κ1) is 16.4. The molecule has 0 amide bonds. The van der Waals surface area contributed by atoms with Gasteiger partial charge in [-0.3, -0.25) is 0 Å². The van der Waals surface area contributed by atoms with Crippen molar-refractivity contribution >= 4 is 10.0 Å². The van der Waals surface area contributed by atoms with E-state index in [9.17, 15) is 13.5 Å². The molecule has 6 heteroatoms. The fourth-order valence-corrected chi connectivity index (χ4v) is 4.22. The molecule has 1 saturated heterocycles. The molecule has 0 spiro atoms. The molecule has 1 N–H and O–H groups in total. The largest absolute Gasteiger partial charge is 0.389 e. The van der Waals surface area contributed by atoms with Crippen LogP contribution in [0.2, 0.25) is 0 Å². The smallest absolute Gasteiger partial charge is 0.243 e. The third kappa shape index (κ3) is 3.63. The topological polar surface area (TPSA) is 60.9 Å². The number of rotatable bonds is 4. The molecule has 1 fully saturated rings. The van der Waals surface area contributed by atoms with Gasteiger partial charge in [0.1, 0.15) is 0 Å². The van der Waals surface area contributed by atoms with Crippen LogP contribution in [0.4, 0.5) is 0 Å². The van der Waals surface area contributed by atoms with Crippen molar-refractivity contribution in [3.63, 3.8) is 0 Å². The van der Waals surface area contributed by atoms with Gasteiger partial charge in [0, 0.05) is 19.1 Å². The Morgan fingerprint density at radius 2 is 2.10 bits per heavy atom. The normalized spacial score (nSPS) is 22.4. The average molecular weight is 312 g/mol. The Morgan fingerprint density at radius 3 is 2.71 bits per heavy atom. The minimum atomic E-state index is -3.49. The highest BCUT2D eigenvalue weighted by molar-refractivity contribution is 7.89. The van der Waals surface area contributed by atoms with E-state index < -0.39 is 16.1 Å². The minimum absolute atomic E-state index is 0.258. The molecule has 1 aliphatic rings. The van der Waals surface area contributed by atoms with Crippen molar-refractivity contribution in [1.82, 2.24) is 9.21 Å². The predicted octanol–water partition coefficient (Wildman–Crippen LogP) is 1.45. The molecule has 1 aliphatic heterocycles. The van der Waals surface area contributed by atoms with Gasteiger partial charge in [-0.15, -0.1) is 0 Å². The Hall–Kier alpha value is -0.950. The lowest BCUT2D eigenvalue weighted by Gasteiger charge is -2.35. The van der Waals surface area contributed by atoms with Crippen molar-refractivity contribution in [3.8, 4) is 0 Å². The van der Waals surface area contributed by atoms with E-state index in [-0.39, 0.29) is 10.9 Å². The van der Waals surface area contributed by atoms with E-state index in [1.807, 2.05) is 14.1 Å². The van der Waals surface area contributed by atoms with Crippen molar-refractivity contribution in [3.05, 3.63) is 29.8 Å². The summed E-state index contributed by atoms with van der Waals surface area (Å²) in [6.45, 7) is 2.72. The Morgan fingerprint density at radius 1 is 1.38 bits per heavy atom. The van der Waals surface area contributed by atoms with Crippen molar-refractivity contribution < 1.29 is 13.5 Å². The van der Waals surface area contributed by atoms with E-state index in [0.29, 0.717) is 18.7 Å². The van der Waals surface area contributed by atoms with Gasteiger partial charge in [-0.05, 0) is 51.6 Å². The van der Waals surface area contributed by atoms with Gasteiger partial charge in [0.15, 0.2) is 0 Å². The molecule has 0 aromatic heterocycles. The van der Waals surface area contributed by atoms with E-state index in [4.69, 9.17) is 0 Å². The number of aliphatic hydroxyl groups is 1. The summed E-state index contributed by atoms with van der Waals surface area (Å²) in [5.74, 6) is 0. The number of hydrogen-bond donors (Lipinski definition) is 1. The number of piperidine rings is 1. The van der Waals surface area contributed by atoms with E-state index in [2.05, 4.69) is 4.90 Å². The minimum Gasteiger partial charge on any atom is -0.389 e. The van der Waals surface area contributed by atoms with Gasteiger partial charge in [-0.1, -0.05) is 12.1 Å². The first-order chi connectivity index (χ1) is 9.82. The summed E-state index contributed by atoms with van der Waals surface area (Å²) < 4.78 is 27.1. The van der Waals surface area contributed by atoms with Crippen molar-refractivity contribution in [2.45, 2.75) is 36.8 Å². The Bertz CT molecular complexity index is 584. The van der Waals surface area contributed by atoms with Crippen molar-refractivity contribution in [1.29, 1.82) is 0 Å². The highest BCUT2D eigenvalue weighted by atomic mass is 32.2. The maximum Gasteiger partial charge on any atom is 0.243 e. The van der Waals surface area contributed by atoms with Crippen LogP contribution in [0.3, 0.4) is 0 Å². The van der Waals surface area contributed by atoms with Crippen LogP contribution >= 0.6 is 0 Å². The van der Waals surface area contributed by atoms with Crippen LogP contribution in [-0.4, -0.2) is 56.0 Å². The third-order valence-electron chi connectivity index (χ3n) is 4.07. The SMILES string of the molecule is CC(O)c1cccc(S(=O)(=O)N2CCCC(N(C)C)C2)c1. The van der Waals surface area contributed by atoms with Gasteiger partial charge in [-0.25, -0.2) is 8.42 Å². The molecule has 0 bridgehead atoms. The quantitative estimate of drug-likeness (QED) is 0.914. The van der Waals surface area contributed by atoms with Crippen molar-refractivity contribution in [2.75, 3.05) is 27.2 Å². The van der Waals surface area contributed by atoms with Crippen LogP contribution < -0.4 is 0 Å². The molecule has 5 nitrogen and oxygen atoms in total. The second-order valence-electron chi connectivity index (χ2n) is 5.87. The van der Waals surface area contributed by atoms with Crippen LogP contribution in [-0.2, 0) is 10.0 Å². The summed E-state index contributed by atoms with van der Waals surface area (Å²) in [5, 5.41) is 9.62. The van der Waals surface area contributed by atoms with Crippen LogP contribution in [0.15, 0.2) is 29.2 Å². The molecule has 1 aromatic rings. The lowest BCUT2D eigenvalue weighted by atomic mass is 10.1. The molecule has 0 radical (unpaired) electrons. The molecule has 2 atom stereocenters. The number of sulfonamides is 1. The summed E-state index contributed by atoms with van der Waals surface area (Å²) in [6, 6.07) is 6.85. The lowest BCUT2D eigenvalue weighted by molar-refractivity contribution is 0.190. The first-order valence-corrected chi connectivity index (χ1v) is 8.71. The van der Waals surface area contributed by atoms with Crippen LogP contribution in [0.25, 0.3) is 0 Å². The second kappa shape index (κ2) is 6.44. The molecule has 1 aromatic carbocycles. The molecular weight excluding hydrogens is 288 g/mol. The number of aliphatic hydroxyl groups excluding tert-OH is 1. The second-order valence-corrected chi connectivity index (χ2v) is 7.81. The number of nitrogens with zero attached hydrogens (tertiary/aromatic N) is 2. The summed E-state index contributed by atoms with van der Waals surface area (Å²) in [5.41, 5.74) is 0.622. The molecule has 0 aliphatic carbocycles. The maximum absolute atomic E-state index is 12.8. The van der Waals surface area contributed by atoms with Gasteiger partial charge in [0.05, 0.1) is 11.0 Å². The standard InChI is InChI=1S/C15H24N2O3S/c1-12(18)13-6-4-8-15(10-13)21(19,20)17-9-5-7-14(11-17)16(2)3/h4,6,8,10,12,14,18H,5,7,9,11H2,1-3H3. The van der Waals surface area contributed by atoms with Gasteiger partial charge in [0.25, 0.3) is 0 Å². The van der Waals surface area contributed by atoms with Gasteiger partial charge < -0.3 is 10.0 Å². The zero-order valence-corrected chi connectivity index (χ0v) is 13.7. The highest BCUT2D eigenvalue weighted by Crippen LogP contribution is 2.24. The number of benzene rings is 1. The Kier molecular flexibility index (Phi) is 5.03. The summed E-state index contributed by atoms with van der Waals surface area (Å²) in [4.78, 5) is 2.34. The molecule has 0 saturated carbocycles. The van der Waals surface area contributed by atoms with Gasteiger partial charge >= 0.3 is 0 Å². The highest BCUT2D eigenvalue weighted by Gasteiger charge is 2.31.